The van der Waals surface area contributed by atoms with E-state index in [-0.39, 0.29) is 11.5 Å². The molecule has 2 aromatic carbocycles. The minimum absolute atomic E-state index is 0.132. The predicted molar refractivity (Wildman–Crippen MR) is 97.3 cm³/mol. The zero-order chi connectivity index (χ0) is 17.9. The highest BCUT2D eigenvalue weighted by Gasteiger charge is 2.11. The van der Waals surface area contributed by atoms with Crippen LogP contribution in [0.1, 0.15) is 0 Å². The molecule has 0 saturated heterocycles. The Balaban J connectivity index is 1.78. The average Bonchev–Trinajstić information content (AvgIpc) is 2.69. The smallest absolute Gasteiger partial charge is 0.125 e. The van der Waals surface area contributed by atoms with Crippen molar-refractivity contribution in [1.29, 1.82) is 0 Å². The SMILES string of the molecule is Oc1ccccc1-c1cncc(-c2cncc(-c3ccccc3O)n2)n1. The maximum atomic E-state index is 10.0. The summed E-state index contributed by atoms with van der Waals surface area (Å²) in [6.07, 6.45) is 6.34. The van der Waals surface area contributed by atoms with E-state index < -0.39 is 0 Å². The summed E-state index contributed by atoms with van der Waals surface area (Å²) >= 11 is 0. The van der Waals surface area contributed by atoms with Gasteiger partial charge in [0.1, 0.15) is 22.9 Å². The molecular formula is C20H14N4O2. The van der Waals surface area contributed by atoms with Crippen molar-refractivity contribution in [1.82, 2.24) is 19.9 Å². The number of nitrogens with zero attached hydrogens (tertiary/aromatic N) is 4. The molecule has 4 rings (SSSR count). The second-order valence-electron chi connectivity index (χ2n) is 5.61. The third-order valence-electron chi connectivity index (χ3n) is 3.89. The zero-order valence-electron chi connectivity index (χ0n) is 13.6. The highest BCUT2D eigenvalue weighted by molar-refractivity contribution is 5.70. The number of rotatable bonds is 3. The molecule has 6 nitrogen and oxygen atoms in total. The molecule has 126 valence electrons. The van der Waals surface area contributed by atoms with Crippen LogP contribution in [0.15, 0.2) is 73.3 Å². The largest absolute Gasteiger partial charge is 0.507 e. The third-order valence-corrected chi connectivity index (χ3v) is 3.89. The van der Waals surface area contributed by atoms with Crippen LogP contribution in [0.2, 0.25) is 0 Å². The fourth-order valence-corrected chi connectivity index (χ4v) is 2.62. The monoisotopic (exact) mass is 342 g/mol. The molecule has 0 bridgehead atoms. The third kappa shape index (κ3) is 2.95. The molecule has 4 aromatic rings. The quantitative estimate of drug-likeness (QED) is 0.590. The Morgan fingerprint density at radius 2 is 0.885 bits per heavy atom. The number of aromatic hydroxyl groups is 2. The van der Waals surface area contributed by atoms with Gasteiger partial charge < -0.3 is 10.2 Å². The van der Waals surface area contributed by atoms with Crippen LogP contribution in [-0.4, -0.2) is 30.1 Å². The molecule has 2 heterocycles. The number of aromatic nitrogens is 4. The van der Waals surface area contributed by atoms with Crippen LogP contribution in [-0.2, 0) is 0 Å². The van der Waals surface area contributed by atoms with Crippen molar-refractivity contribution >= 4 is 0 Å². The Kier molecular flexibility index (Phi) is 3.99. The molecule has 0 unspecified atom stereocenters. The Labute approximate surface area is 149 Å². The lowest BCUT2D eigenvalue weighted by Gasteiger charge is -2.07. The van der Waals surface area contributed by atoms with E-state index in [9.17, 15) is 10.2 Å². The summed E-state index contributed by atoms with van der Waals surface area (Å²) in [5.74, 6) is 0.265. The van der Waals surface area contributed by atoms with Crippen molar-refractivity contribution in [3.63, 3.8) is 0 Å². The van der Waals surface area contributed by atoms with Gasteiger partial charge in [-0.05, 0) is 24.3 Å². The first-order valence-corrected chi connectivity index (χ1v) is 7.93. The molecule has 0 saturated carbocycles. The molecule has 0 aliphatic rings. The molecule has 0 aliphatic carbocycles. The van der Waals surface area contributed by atoms with Crippen molar-refractivity contribution < 1.29 is 10.2 Å². The summed E-state index contributed by atoms with van der Waals surface area (Å²) < 4.78 is 0. The minimum atomic E-state index is 0.132. The van der Waals surface area contributed by atoms with E-state index in [0.717, 1.165) is 0 Å². The zero-order valence-corrected chi connectivity index (χ0v) is 13.6. The van der Waals surface area contributed by atoms with E-state index in [1.165, 1.54) is 0 Å². The molecule has 0 fully saturated rings. The number of phenolic OH excluding ortho intramolecular Hbond substituents is 2. The molecule has 0 radical (unpaired) electrons. The first-order valence-electron chi connectivity index (χ1n) is 7.93. The lowest BCUT2D eigenvalue weighted by Crippen LogP contribution is -1.95. The van der Waals surface area contributed by atoms with E-state index in [1.807, 2.05) is 12.1 Å². The molecule has 2 N–H and O–H groups in total. The fraction of sp³-hybridized carbons (Fsp3) is 0. The molecule has 0 aliphatic heterocycles. The molecule has 0 amide bonds. The van der Waals surface area contributed by atoms with Crippen molar-refractivity contribution in [2.75, 3.05) is 0 Å². The van der Waals surface area contributed by atoms with E-state index in [1.54, 1.807) is 61.2 Å². The first kappa shape index (κ1) is 15.7. The van der Waals surface area contributed by atoms with E-state index in [0.29, 0.717) is 33.9 Å². The Hall–Kier alpha value is -3.80. The molecule has 6 heteroatoms. The highest BCUT2D eigenvalue weighted by Crippen LogP contribution is 2.30. The van der Waals surface area contributed by atoms with Gasteiger partial charge in [-0.3, -0.25) is 9.97 Å². The molecule has 0 atom stereocenters. The summed E-state index contributed by atoms with van der Waals surface area (Å²) in [5, 5.41) is 20.1. The summed E-state index contributed by atoms with van der Waals surface area (Å²) in [6.45, 7) is 0. The van der Waals surface area contributed by atoms with Crippen LogP contribution in [0, 0.1) is 0 Å². The second-order valence-corrected chi connectivity index (χ2v) is 5.61. The van der Waals surface area contributed by atoms with Crippen molar-refractivity contribution in [3.05, 3.63) is 73.3 Å². The van der Waals surface area contributed by atoms with Gasteiger partial charge >= 0.3 is 0 Å². The van der Waals surface area contributed by atoms with E-state index in [2.05, 4.69) is 19.9 Å². The van der Waals surface area contributed by atoms with Crippen LogP contribution in [0.25, 0.3) is 33.9 Å². The van der Waals surface area contributed by atoms with Crippen molar-refractivity contribution in [2.24, 2.45) is 0 Å². The number of para-hydroxylation sites is 2. The summed E-state index contributed by atoms with van der Waals surface area (Å²) in [4.78, 5) is 17.5. The van der Waals surface area contributed by atoms with Gasteiger partial charge in [-0.25, -0.2) is 9.97 Å². The highest BCUT2D eigenvalue weighted by atomic mass is 16.3. The number of hydrogen-bond donors (Lipinski definition) is 2. The maximum absolute atomic E-state index is 10.0. The van der Waals surface area contributed by atoms with Crippen LogP contribution in [0.5, 0.6) is 11.5 Å². The predicted octanol–water partition coefficient (Wildman–Crippen LogP) is 3.68. The second kappa shape index (κ2) is 6.60. The molecule has 26 heavy (non-hydrogen) atoms. The van der Waals surface area contributed by atoms with Crippen LogP contribution in [0.4, 0.5) is 0 Å². The number of phenols is 2. The van der Waals surface area contributed by atoms with E-state index >= 15 is 0 Å². The number of benzene rings is 2. The van der Waals surface area contributed by atoms with Gasteiger partial charge in [-0.15, -0.1) is 0 Å². The topological polar surface area (TPSA) is 92.0 Å². The Bertz CT molecular complexity index is 995. The van der Waals surface area contributed by atoms with E-state index in [4.69, 9.17) is 0 Å². The van der Waals surface area contributed by atoms with Crippen molar-refractivity contribution in [3.8, 4) is 45.4 Å². The normalized spacial score (nSPS) is 10.6. The molecule has 2 aromatic heterocycles. The first-order chi connectivity index (χ1) is 12.7. The molecule has 0 spiro atoms. The Morgan fingerprint density at radius 3 is 1.31 bits per heavy atom. The van der Waals surface area contributed by atoms with Gasteiger partial charge in [-0.1, -0.05) is 24.3 Å². The van der Waals surface area contributed by atoms with Gasteiger partial charge in [0.15, 0.2) is 0 Å². The standard InChI is InChI=1S/C20H14N4O2/c25-19-7-3-1-5-13(19)15-9-21-11-17(23-15)18-12-22-10-16(24-18)14-6-2-4-8-20(14)26/h1-12,25-26H. The summed E-state index contributed by atoms with van der Waals surface area (Å²) in [5.41, 5.74) is 3.30. The lowest BCUT2D eigenvalue weighted by molar-refractivity contribution is 0.476. The van der Waals surface area contributed by atoms with Crippen LogP contribution >= 0.6 is 0 Å². The van der Waals surface area contributed by atoms with Crippen LogP contribution < -0.4 is 0 Å². The lowest BCUT2D eigenvalue weighted by atomic mass is 10.1. The summed E-state index contributed by atoms with van der Waals surface area (Å²) in [6, 6.07) is 13.9. The van der Waals surface area contributed by atoms with Gasteiger partial charge in [0, 0.05) is 11.1 Å². The molecular weight excluding hydrogens is 328 g/mol. The fourth-order valence-electron chi connectivity index (χ4n) is 2.62. The van der Waals surface area contributed by atoms with Crippen molar-refractivity contribution in [2.45, 2.75) is 0 Å². The van der Waals surface area contributed by atoms with Gasteiger partial charge in [-0.2, -0.15) is 0 Å². The van der Waals surface area contributed by atoms with Crippen LogP contribution in [0.3, 0.4) is 0 Å². The summed E-state index contributed by atoms with van der Waals surface area (Å²) in [7, 11) is 0. The maximum Gasteiger partial charge on any atom is 0.125 e. The van der Waals surface area contributed by atoms with Gasteiger partial charge in [0.2, 0.25) is 0 Å². The van der Waals surface area contributed by atoms with Gasteiger partial charge in [0.25, 0.3) is 0 Å². The minimum Gasteiger partial charge on any atom is -0.507 e. The van der Waals surface area contributed by atoms with Gasteiger partial charge in [0.05, 0.1) is 36.2 Å². The Morgan fingerprint density at radius 1 is 0.500 bits per heavy atom. The number of hydrogen-bond acceptors (Lipinski definition) is 6. The average molecular weight is 342 g/mol.